The molecule has 2 rings (SSSR count). The number of rotatable bonds is 4. The summed E-state index contributed by atoms with van der Waals surface area (Å²) in [7, 11) is 1.35. The van der Waals surface area contributed by atoms with E-state index in [-0.39, 0.29) is 5.97 Å². The van der Waals surface area contributed by atoms with Gasteiger partial charge in [0.25, 0.3) is 0 Å². The number of hydrogen-bond donors (Lipinski definition) is 1. The Balaban J connectivity index is 2.21. The van der Waals surface area contributed by atoms with Crippen molar-refractivity contribution >= 4 is 12.1 Å². The predicted molar refractivity (Wildman–Crippen MR) is 96.3 cm³/mol. The number of alkyl carbamates (subject to hydrolysis) is 1. The van der Waals surface area contributed by atoms with Gasteiger partial charge >= 0.3 is 12.1 Å². The van der Waals surface area contributed by atoms with Crippen molar-refractivity contribution in [1.29, 1.82) is 0 Å². The molecule has 2 aromatic carbocycles. The molecule has 0 aromatic heterocycles. The van der Waals surface area contributed by atoms with Crippen molar-refractivity contribution in [2.24, 2.45) is 0 Å². The van der Waals surface area contributed by atoms with E-state index in [1.807, 2.05) is 51.1 Å². The van der Waals surface area contributed by atoms with Gasteiger partial charge in [-0.25, -0.2) is 9.59 Å². The lowest BCUT2D eigenvalue weighted by molar-refractivity contribution is 0.0522. The molecular weight excluding hydrogens is 318 g/mol. The van der Waals surface area contributed by atoms with Gasteiger partial charge in [0, 0.05) is 6.54 Å². The first-order valence-corrected chi connectivity index (χ1v) is 8.03. The van der Waals surface area contributed by atoms with Crippen LogP contribution in [0, 0.1) is 0 Å². The molecule has 0 spiro atoms. The van der Waals surface area contributed by atoms with Gasteiger partial charge in [0.15, 0.2) is 0 Å². The second-order valence-electron chi connectivity index (χ2n) is 6.58. The Morgan fingerprint density at radius 2 is 1.76 bits per heavy atom. The molecule has 0 atom stereocenters. The Morgan fingerprint density at radius 3 is 2.44 bits per heavy atom. The summed E-state index contributed by atoms with van der Waals surface area (Å²) in [6.45, 7) is 5.78. The SMILES string of the molecule is COC(=O)c1cccc(-c2ccccc2CNC(=O)OC(C)(C)C)c1. The summed E-state index contributed by atoms with van der Waals surface area (Å²) in [4.78, 5) is 23.6. The van der Waals surface area contributed by atoms with Crippen molar-refractivity contribution in [2.45, 2.75) is 32.9 Å². The number of amides is 1. The number of ether oxygens (including phenoxy) is 2. The minimum absolute atomic E-state index is 0.327. The second-order valence-corrected chi connectivity index (χ2v) is 6.58. The lowest BCUT2D eigenvalue weighted by Crippen LogP contribution is -2.32. The first kappa shape index (κ1) is 18.5. The number of carbonyl (C=O) groups excluding carboxylic acids is 2. The molecule has 132 valence electrons. The number of benzene rings is 2. The third-order valence-corrected chi connectivity index (χ3v) is 3.43. The molecule has 0 heterocycles. The largest absolute Gasteiger partial charge is 0.465 e. The maximum Gasteiger partial charge on any atom is 0.407 e. The molecule has 0 saturated carbocycles. The summed E-state index contributed by atoms with van der Waals surface area (Å²) in [5.74, 6) is -0.383. The molecule has 0 saturated heterocycles. The molecule has 0 radical (unpaired) electrons. The van der Waals surface area contributed by atoms with E-state index in [9.17, 15) is 9.59 Å². The topological polar surface area (TPSA) is 64.6 Å². The van der Waals surface area contributed by atoms with Gasteiger partial charge in [0.1, 0.15) is 5.60 Å². The van der Waals surface area contributed by atoms with Crippen LogP contribution in [-0.4, -0.2) is 24.8 Å². The Kier molecular flexibility index (Phi) is 5.80. The third kappa shape index (κ3) is 5.35. The number of methoxy groups -OCH3 is 1. The number of nitrogens with one attached hydrogen (secondary N) is 1. The lowest BCUT2D eigenvalue weighted by Gasteiger charge is -2.20. The van der Waals surface area contributed by atoms with E-state index in [0.717, 1.165) is 16.7 Å². The van der Waals surface area contributed by atoms with Crippen molar-refractivity contribution in [1.82, 2.24) is 5.32 Å². The molecule has 0 unspecified atom stereocenters. The fraction of sp³-hybridized carbons (Fsp3) is 0.300. The highest BCUT2D eigenvalue weighted by Gasteiger charge is 2.16. The fourth-order valence-electron chi connectivity index (χ4n) is 2.37. The minimum Gasteiger partial charge on any atom is -0.465 e. The Labute approximate surface area is 148 Å². The highest BCUT2D eigenvalue weighted by atomic mass is 16.6. The van der Waals surface area contributed by atoms with Crippen LogP contribution in [-0.2, 0) is 16.0 Å². The van der Waals surface area contributed by atoms with Gasteiger partial charge < -0.3 is 14.8 Å². The first-order chi connectivity index (χ1) is 11.8. The summed E-state index contributed by atoms with van der Waals surface area (Å²) < 4.78 is 10.0. The van der Waals surface area contributed by atoms with E-state index in [1.54, 1.807) is 18.2 Å². The molecule has 5 heteroatoms. The quantitative estimate of drug-likeness (QED) is 0.848. The van der Waals surface area contributed by atoms with Crippen LogP contribution in [0.15, 0.2) is 48.5 Å². The van der Waals surface area contributed by atoms with Crippen LogP contribution in [0.4, 0.5) is 4.79 Å². The number of carbonyl (C=O) groups is 2. The van der Waals surface area contributed by atoms with Crippen LogP contribution in [0.5, 0.6) is 0 Å². The molecule has 2 aromatic rings. The predicted octanol–water partition coefficient (Wildman–Crippen LogP) is 4.16. The molecule has 25 heavy (non-hydrogen) atoms. The van der Waals surface area contributed by atoms with Gasteiger partial charge in [-0.15, -0.1) is 0 Å². The maximum absolute atomic E-state index is 11.9. The molecule has 5 nitrogen and oxygen atoms in total. The lowest BCUT2D eigenvalue weighted by atomic mass is 9.98. The van der Waals surface area contributed by atoms with Crippen molar-refractivity contribution < 1.29 is 19.1 Å². The molecule has 0 bridgehead atoms. The molecule has 0 aliphatic rings. The van der Waals surface area contributed by atoms with Gasteiger partial charge in [-0.3, -0.25) is 0 Å². The molecular formula is C20H23NO4. The van der Waals surface area contributed by atoms with Gasteiger partial charge in [-0.05, 0) is 49.6 Å². The van der Waals surface area contributed by atoms with E-state index < -0.39 is 11.7 Å². The number of esters is 1. The van der Waals surface area contributed by atoms with Crippen LogP contribution in [0.1, 0.15) is 36.7 Å². The Morgan fingerprint density at radius 1 is 1.04 bits per heavy atom. The molecule has 0 aliphatic carbocycles. The Hall–Kier alpha value is -2.82. The summed E-state index contributed by atoms with van der Waals surface area (Å²) in [6.07, 6.45) is -0.467. The minimum atomic E-state index is -0.543. The highest BCUT2D eigenvalue weighted by molar-refractivity contribution is 5.91. The smallest absolute Gasteiger partial charge is 0.407 e. The van der Waals surface area contributed by atoms with Crippen LogP contribution >= 0.6 is 0 Å². The summed E-state index contributed by atoms with van der Waals surface area (Å²) in [6, 6.07) is 14.9. The van der Waals surface area contributed by atoms with Crippen molar-refractivity contribution in [2.75, 3.05) is 7.11 Å². The van der Waals surface area contributed by atoms with E-state index in [0.29, 0.717) is 12.1 Å². The second kappa shape index (κ2) is 7.83. The zero-order valence-electron chi connectivity index (χ0n) is 15.0. The zero-order chi connectivity index (χ0) is 18.4. The van der Waals surface area contributed by atoms with E-state index >= 15 is 0 Å². The van der Waals surface area contributed by atoms with Crippen molar-refractivity contribution in [3.63, 3.8) is 0 Å². The van der Waals surface area contributed by atoms with Crippen LogP contribution in [0.3, 0.4) is 0 Å². The van der Waals surface area contributed by atoms with Crippen molar-refractivity contribution in [3.8, 4) is 11.1 Å². The average Bonchev–Trinajstić information content (AvgIpc) is 2.58. The Bertz CT molecular complexity index is 762. The molecule has 0 fully saturated rings. The van der Waals surface area contributed by atoms with Crippen molar-refractivity contribution in [3.05, 3.63) is 59.7 Å². The first-order valence-electron chi connectivity index (χ1n) is 8.03. The van der Waals surface area contributed by atoms with Gasteiger partial charge in [-0.2, -0.15) is 0 Å². The summed E-state index contributed by atoms with van der Waals surface area (Å²) in [5, 5.41) is 2.76. The summed E-state index contributed by atoms with van der Waals surface area (Å²) >= 11 is 0. The number of hydrogen-bond acceptors (Lipinski definition) is 4. The van der Waals surface area contributed by atoms with Crippen LogP contribution in [0.2, 0.25) is 0 Å². The van der Waals surface area contributed by atoms with E-state index in [4.69, 9.17) is 9.47 Å². The zero-order valence-corrected chi connectivity index (χ0v) is 15.0. The van der Waals surface area contributed by atoms with Gasteiger partial charge in [0.2, 0.25) is 0 Å². The van der Waals surface area contributed by atoms with Crippen LogP contribution < -0.4 is 5.32 Å². The molecule has 0 aliphatic heterocycles. The maximum atomic E-state index is 11.9. The molecule has 1 amide bonds. The standard InChI is InChI=1S/C20H23NO4/c1-20(2,3)25-19(23)21-13-16-8-5-6-11-17(16)14-9-7-10-15(12-14)18(22)24-4/h5-12H,13H2,1-4H3,(H,21,23). The monoisotopic (exact) mass is 341 g/mol. The van der Waals surface area contributed by atoms with Gasteiger partial charge in [0.05, 0.1) is 12.7 Å². The van der Waals surface area contributed by atoms with E-state index in [2.05, 4.69) is 5.32 Å². The summed E-state index contributed by atoms with van der Waals surface area (Å²) in [5.41, 5.74) is 2.68. The normalized spacial score (nSPS) is 10.9. The molecule has 1 N–H and O–H groups in total. The van der Waals surface area contributed by atoms with Gasteiger partial charge in [-0.1, -0.05) is 36.4 Å². The van der Waals surface area contributed by atoms with Crippen LogP contribution in [0.25, 0.3) is 11.1 Å². The third-order valence-electron chi connectivity index (χ3n) is 3.43. The van der Waals surface area contributed by atoms with E-state index in [1.165, 1.54) is 7.11 Å². The average molecular weight is 341 g/mol. The highest BCUT2D eigenvalue weighted by Crippen LogP contribution is 2.25. The fourth-order valence-corrected chi connectivity index (χ4v) is 2.37.